The second-order valence-corrected chi connectivity index (χ2v) is 10.9. The zero-order valence-electron chi connectivity index (χ0n) is 19.0. The van der Waals surface area contributed by atoms with Crippen molar-refractivity contribution in [1.82, 2.24) is 9.97 Å². The van der Waals surface area contributed by atoms with Gasteiger partial charge < -0.3 is 5.32 Å². The molecule has 1 fully saturated rings. The van der Waals surface area contributed by atoms with Crippen molar-refractivity contribution in [2.75, 3.05) is 21.9 Å². The van der Waals surface area contributed by atoms with Crippen LogP contribution in [0.4, 0.5) is 11.4 Å². The van der Waals surface area contributed by atoms with Crippen LogP contribution in [0, 0.1) is 6.92 Å². The van der Waals surface area contributed by atoms with Gasteiger partial charge in [-0.05, 0) is 79.9 Å². The number of hydrogen-bond donors (Lipinski definition) is 1. The van der Waals surface area contributed by atoms with Crippen LogP contribution in [0.5, 0.6) is 0 Å². The molecular formula is C26H23ClN4O3S. The van der Waals surface area contributed by atoms with Gasteiger partial charge in [-0.25, -0.2) is 8.42 Å². The number of aromatic nitrogens is 2. The van der Waals surface area contributed by atoms with Crippen molar-refractivity contribution in [2.45, 2.75) is 19.8 Å². The molecule has 9 heteroatoms. The molecule has 0 radical (unpaired) electrons. The Hall–Kier alpha value is -3.49. The predicted molar refractivity (Wildman–Crippen MR) is 139 cm³/mol. The van der Waals surface area contributed by atoms with E-state index in [2.05, 4.69) is 15.3 Å². The third-order valence-corrected chi connectivity index (χ3v) is 8.30. The maximum absolute atomic E-state index is 13.1. The molecule has 1 saturated heterocycles. The minimum Gasteiger partial charge on any atom is -0.322 e. The van der Waals surface area contributed by atoms with Gasteiger partial charge in [-0.3, -0.25) is 19.1 Å². The fourth-order valence-corrected chi connectivity index (χ4v) is 6.18. The molecule has 4 aromatic rings. The number of hydrogen-bond acceptors (Lipinski definition) is 5. The summed E-state index contributed by atoms with van der Waals surface area (Å²) in [5.74, 6) is -0.147. The molecule has 1 N–H and O–H groups in total. The number of sulfonamides is 1. The van der Waals surface area contributed by atoms with Gasteiger partial charge in [0.2, 0.25) is 10.0 Å². The van der Waals surface area contributed by atoms with Crippen LogP contribution in [-0.2, 0) is 10.0 Å². The van der Waals surface area contributed by atoms with E-state index in [-0.39, 0.29) is 11.7 Å². The van der Waals surface area contributed by atoms with E-state index in [4.69, 9.17) is 11.6 Å². The number of carbonyl (C=O) groups is 1. The quantitative estimate of drug-likeness (QED) is 0.398. The highest BCUT2D eigenvalue weighted by Crippen LogP contribution is 2.33. The van der Waals surface area contributed by atoms with Gasteiger partial charge >= 0.3 is 0 Å². The van der Waals surface area contributed by atoms with E-state index < -0.39 is 10.0 Å². The van der Waals surface area contributed by atoms with Crippen LogP contribution in [0.1, 0.15) is 28.8 Å². The lowest BCUT2D eigenvalue weighted by Gasteiger charge is -2.28. The summed E-state index contributed by atoms with van der Waals surface area (Å²) in [6, 6.07) is 16.0. The Balaban J connectivity index is 1.43. The average Bonchev–Trinajstić information content (AvgIpc) is 2.84. The van der Waals surface area contributed by atoms with Crippen LogP contribution < -0.4 is 9.62 Å². The molecule has 1 aliphatic heterocycles. The maximum Gasteiger partial charge on any atom is 0.255 e. The molecule has 2 aromatic heterocycles. The van der Waals surface area contributed by atoms with Crippen LogP contribution >= 0.6 is 11.6 Å². The molecule has 7 nitrogen and oxygen atoms in total. The van der Waals surface area contributed by atoms with Gasteiger partial charge in [-0.1, -0.05) is 11.6 Å². The maximum atomic E-state index is 13.1. The van der Waals surface area contributed by atoms with Crippen molar-refractivity contribution >= 4 is 49.8 Å². The van der Waals surface area contributed by atoms with Crippen LogP contribution in [0.3, 0.4) is 0 Å². The first kappa shape index (κ1) is 23.3. The van der Waals surface area contributed by atoms with Crippen molar-refractivity contribution in [3.05, 3.63) is 83.1 Å². The average molecular weight is 507 g/mol. The number of nitrogens with zero attached hydrogens (tertiary/aromatic N) is 3. The summed E-state index contributed by atoms with van der Waals surface area (Å²) in [7, 11) is -3.32. The Labute approximate surface area is 208 Å². The Kier molecular flexibility index (Phi) is 6.17. The van der Waals surface area contributed by atoms with E-state index in [1.54, 1.807) is 55.7 Å². The van der Waals surface area contributed by atoms with Crippen molar-refractivity contribution in [2.24, 2.45) is 0 Å². The molecule has 178 valence electrons. The monoisotopic (exact) mass is 506 g/mol. The first-order valence-electron chi connectivity index (χ1n) is 11.3. The normalized spacial score (nSPS) is 15.2. The second-order valence-electron chi connectivity index (χ2n) is 8.47. The molecule has 0 unspecified atom stereocenters. The number of carbonyl (C=O) groups excluding carboxylic acids is 1. The molecule has 35 heavy (non-hydrogen) atoms. The molecule has 0 bridgehead atoms. The first-order chi connectivity index (χ1) is 16.8. The number of aryl methyl sites for hydroxylation is 1. The van der Waals surface area contributed by atoms with Gasteiger partial charge in [0.1, 0.15) is 0 Å². The lowest BCUT2D eigenvalue weighted by atomic mass is 10.0. The van der Waals surface area contributed by atoms with E-state index in [0.717, 1.165) is 17.3 Å². The molecule has 5 rings (SSSR count). The minimum absolute atomic E-state index is 0.148. The summed E-state index contributed by atoms with van der Waals surface area (Å²) < 4.78 is 26.3. The van der Waals surface area contributed by atoms with Crippen molar-refractivity contribution in [1.29, 1.82) is 0 Å². The third-order valence-electron chi connectivity index (χ3n) is 6.10. The van der Waals surface area contributed by atoms with Gasteiger partial charge in [0.15, 0.2) is 0 Å². The number of nitrogens with one attached hydrogen (secondary N) is 1. The zero-order valence-corrected chi connectivity index (χ0v) is 20.6. The van der Waals surface area contributed by atoms with E-state index in [9.17, 15) is 13.2 Å². The van der Waals surface area contributed by atoms with Crippen LogP contribution in [0.15, 0.2) is 67.0 Å². The SMILES string of the molecule is Cc1cc(N2CCCCS2(=O)=O)ccc1C(=O)Nc1ccc(Cl)c(-c2nccc3ncccc23)c1. The summed E-state index contributed by atoms with van der Waals surface area (Å²) >= 11 is 6.50. The molecule has 3 heterocycles. The van der Waals surface area contributed by atoms with E-state index in [1.807, 2.05) is 18.2 Å². The summed E-state index contributed by atoms with van der Waals surface area (Å²) in [6.07, 6.45) is 4.89. The molecule has 2 aromatic carbocycles. The molecular weight excluding hydrogens is 484 g/mol. The Bertz CT molecular complexity index is 1550. The van der Waals surface area contributed by atoms with Crippen molar-refractivity contribution in [3.63, 3.8) is 0 Å². The minimum atomic E-state index is -3.32. The van der Waals surface area contributed by atoms with Gasteiger partial charge in [0, 0.05) is 41.1 Å². The first-order valence-corrected chi connectivity index (χ1v) is 13.2. The fraction of sp³-hybridized carbons (Fsp3) is 0.192. The highest BCUT2D eigenvalue weighted by molar-refractivity contribution is 7.92. The van der Waals surface area contributed by atoms with Gasteiger partial charge in [-0.15, -0.1) is 0 Å². The number of benzene rings is 2. The van der Waals surface area contributed by atoms with Crippen LogP contribution in [0.25, 0.3) is 22.2 Å². The molecule has 0 atom stereocenters. The van der Waals surface area contributed by atoms with Gasteiger partial charge in [-0.2, -0.15) is 0 Å². The largest absolute Gasteiger partial charge is 0.322 e. The summed E-state index contributed by atoms with van der Waals surface area (Å²) in [4.78, 5) is 22.0. The van der Waals surface area contributed by atoms with Gasteiger partial charge in [0.05, 0.1) is 27.7 Å². The van der Waals surface area contributed by atoms with E-state index in [0.29, 0.717) is 51.7 Å². The summed E-state index contributed by atoms with van der Waals surface area (Å²) in [5.41, 5.74) is 4.48. The summed E-state index contributed by atoms with van der Waals surface area (Å²) in [5, 5.41) is 4.30. The number of fused-ring (bicyclic) bond motifs is 1. The van der Waals surface area contributed by atoms with Crippen molar-refractivity contribution < 1.29 is 13.2 Å². The Morgan fingerprint density at radius 3 is 2.69 bits per heavy atom. The Morgan fingerprint density at radius 1 is 1.03 bits per heavy atom. The predicted octanol–water partition coefficient (Wildman–Crippen LogP) is 5.44. The molecule has 1 aliphatic rings. The fourth-order valence-electron chi connectivity index (χ4n) is 4.34. The zero-order chi connectivity index (χ0) is 24.6. The molecule has 0 saturated carbocycles. The Morgan fingerprint density at radius 2 is 1.89 bits per heavy atom. The number of anilines is 2. The highest BCUT2D eigenvalue weighted by Gasteiger charge is 2.26. The number of halogens is 1. The van der Waals surface area contributed by atoms with E-state index in [1.165, 1.54) is 4.31 Å². The number of rotatable bonds is 4. The molecule has 0 aliphatic carbocycles. The van der Waals surface area contributed by atoms with Crippen LogP contribution in [0.2, 0.25) is 5.02 Å². The number of amides is 1. The smallest absolute Gasteiger partial charge is 0.255 e. The topological polar surface area (TPSA) is 92.3 Å². The summed E-state index contributed by atoms with van der Waals surface area (Å²) in [6.45, 7) is 2.26. The standard InChI is InChI=1S/C26H23ClN4O3S/c1-17-15-19(31-13-2-3-14-35(31,33)34)7-8-20(17)26(32)30-18-6-9-23(27)22(16-18)25-21-5-4-11-28-24(21)10-12-29-25/h4-12,15-16H,2-3,13-14H2,1H3,(H,30,32). The molecule has 0 spiro atoms. The van der Waals surface area contributed by atoms with E-state index >= 15 is 0 Å². The molecule has 1 amide bonds. The lowest BCUT2D eigenvalue weighted by Crippen LogP contribution is -2.37. The number of pyridine rings is 2. The van der Waals surface area contributed by atoms with Crippen molar-refractivity contribution in [3.8, 4) is 11.3 Å². The third kappa shape index (κ3) is 4.59. The van der Waals surface area contributed by atoms with Crippen LogP contribution in [-0.4, -0.2) is 36.6 Å². The van der Waals surface area contributed by atoms with Gasteiger partial charge in [0.25, 0.3) is 5.91 Å². The lowest BCUT2D eigenvalue weighted by molar-refractivity contribution is 0.102. The highest BCUT2D eigenvalue weighted by atomic mass is 35.5. The second kappa shape index (κ2) is 9.28.